The van der Waals surface area contributed by atoms with Crippen LogP contribution in [0.5, 0.6) is 5.75 Å². The Bertz CT molecular complexity index is 742. The molecule has 1 aliphatic rings. The monoisotopic (exact) mass is 331 g/mol. The van der Waals surface area contributed by atoms with Crippen molar-refractivity contribution in [3.8, 4) is 11.4 Å². The number of carbonyl (C=O) groups is 1. The molecular formula is C17H21N3O2S. The van der Waals surface area contributed by atoms with E-state index in [2.05, 4.69) is 4.99 Å². The Balaban J connectivity index is 1.90. The highest BCUT2D eigenvalue weighted by Gasteiger charge is 2.17. The van der Waals surface area contributed by atoms with E-state index in [1.165, 1.54) is 11.3 Å². The van der Waals surface area contributed by atoms with Gasteiger partial charge in [0.2, 0.25) is 0 Å². The van der Waals surface area contributed by atoms with E-state index >= 15 is 0 Å². The van der Waals surface area contributed by atoms with Crippen LogP contribution in [0.15, 0.2) is 40.8 Å². The van der Waals surface area contributed by atoms with Crippen molar-refractivity contribution in [3.05, 3.63) is 40.6 Å². The predicted octanol–water partition coefficient (Wildman–Crippen LogP) is 3.44. The molecule has 0 spiro atoms. The summed E-state index contributed by atoms with van der Waals surface area (Å²) in [5.41, 5.74) is 0.942. The molecule has 0 atom stereocenters. The largest absolute Gasteiger partial charge is 0.491 e. The number of ether oxygens (including phenoxy) is 1. The summed E-state index contributed by atoms with van der Waals surface area (Å²) in [6.07, 6.45) is 4.19. The molecule has 0 saturated carbocycles. The highest BCUT2D eigenvalue weighted by molar-refractivity contribution is 7.07. The van der Waals surface area contributed by atoms with Crippen LogP contribution in [-0.2, 0) is 0 Å². The minimum atomic E-state index is -0.145. The van der Waals surface area contributed by atoms with Crippen molar-refractivity contribution < 1.29 is 9.53 Å². The molecule has 23 heavy (non-hydrogen) atoms. The fourth-order valence-electron chi connectivity index (χ4n) is 2.59. The van der Waals surface area contributed by atoms with Gasteiger partial charge in [-0.3, -0.25) is 4.57 Å². The van der Waals surface area contributed by atoms with E-state index in [0.29, 0.717) is 4.80 Å². The molecule has 1 fully saturated rings. The third kappa shape index (κ3) is 3.82. The van der Waals surface area contributed by atoms with Crippen LogP contribution in [0.1, 0.15) is 26.7 Å². The van der Waals surface area contributed by atoms with E-state index in [4.69, 9.17) is 4.74 Å². The highest BCUT2D eigenvalue weighted by Crippen LogP contribution is 2.17. The number of carbonyl (C=O) groups excluding carboxylic acids is 1. The summed E-state index contributed by atoms with van der Waals surface area (Å²) in [7, 11) is 0. The minimum Gasteiger partial charge on any atom is -0.491 e. The third-order valence-electron chi connectivity index (χ3n) is 3.62. The molecule has 2 amide bonds. The van der Waals surface area contributed by atoms with Gasteiger partial charge in [-0.15, -0.1) is 11.3 Å². The first-order valence-electron chi connectivity index (χ1n) is 7.90. The van der Waals surface area contributed by atoms with Crippen LogP contribution in [0.25, 0.3) is 5.69 Å². The molecule has 0 bridgehead atoms. The summed E-state index contributed by atoms with van der Waals surface area (Å²) >= 11 is 1.46. The average molecular weight is 331 g/mol. The van der Waals surface area contributed by atoms with Gasteiger partial charge in [-0.25, -0.2) is 4.79 Å². The van der Waals surface area contributed by atoms with Gasteiger partial charge in [0.15, 0.2) is 4.80 Å². The van der Waals surface area contributed by atoms with Crippen LogP contribution < -0.4 is 9.54 Å². The maximum Gasteiger partial charge on any atom is 0.346 e. The van der Waals surface area contributed by atoms with Crippen molar-refractivity contribution in [2.45, 2.75) is 32.8 Å². The summed E-state index contributed by atoms with van der Waals surface area (Å²) in [4.78, 5) is 19.0. The molecule has 0 N–H and O–H groups in total. The SMILES string of the molecule is CC(C)Oc1cccc(-n2ccsc2=NC(=O)N2CCCC2)c1. The molecule has 122 valence electrons. The lowest BCUT2D eigenvalue weighted by atomic mass is 10.3. The Morgan fingerprint density at radius 2 is 2.09 bits per heavy atom. The first-order chi connectivity index (χ1) is 11.1. The quantitative estimate of drug-likeness (QED) is 0.865. The smallest absolute Gasteiger partial charge is 0.346 e. The second-order valence-corrected chi connectivity index (χ2v) is 6.68. The van der Waals surface area contributed by atoms with E-state index in [0.717, 1.165) is 37.4 Å². The molecule has 3 rings (SSSR count). The van der Waals surface area contributed by atoms with Gasteiger partial charge in [0, 0.05) is 30.7 Å². The van der Waals surface area contributed by atoms with E-state index < -0.39 is 0 Å². The van der Waals surface area contributed by atoms with Crippen molar-refractivity contribution in [2.24, 2.45) is 4.99 Å². The van der Waals surface area contributed by atoms with Crippen molar-refractivity contribution >= 4 is 17.4 Å². The predicted molar refractivity (Wildman–Crippen MR) is 91.2 cm³/mol. The van der Waals surface area contributed by atoms with Crippen molar-refractivity contribution in [1.29, 1.82) is 0 Å². The molecule has 0 unspecified atom stereocenters. The van der Waals surface area contributed by atoms with Gasteiger partial charge in [-0.1, -0.05) is 6.07 Å². The summed E-state index contributed by atoms with van der Waals surface area (Å²) in [6.45, 7) is 5.62. The fraction of sp³-hybridized carbons (Fsp3) is 0.412. The lowest BCUT2D eigenvalue weighted by Crippen LogP contribution is -2.27. The number of nitrogens with zero attached hydrogens (tertiary/aromatic N) is 3. The van der Waals surface area contributed by atoms with Gasteiger partial charge in [0.1, 0.15) is 5.75 Å². The molecule has 2 aromatic rings. The maximum atomic E-state index is 12.2. The molecule has 0 aliphatic carbocycles. The number of hydrogen-bond acceptors (Lipinski definition) is 3. The molecular weight excluding hydrogens is 310 g/mol. The molecule has 2 heterocycles. The first-order valence-corrected chi connectivity index (χ1v) is 8.78. The molecule has 0 radical (unpaired) electrons. The van der Waals surface area contributed by atoms with E-state index in [1.54, 1.807) is 0 Å². The number of likely N-dealkylation sites (tertiary alicyclic amines) is 1. The van der Waals surface area contributed by atoms with Gasteiger partial charge in [0.05, 0.1) is 11.8 Å². The van der Waals surface area contributed by atoms with Gasteiger partial charge in [0.25, 0.3) is 0 Å². The number of urea groups is 1. The molecule has 6 heteroatoms. The first kappa shape index (κ1) is 15.8. The molecule has 5 nitrogen and oxygen atoms in total. The van der Waals surface area contributed by atoms with Gasteiger partial charge >= 0.3 is 6.03 Å². The highest BCUT2D eigenvalue weighted by atomic mass is 32.1. The van der Waals surface area contributed by atoms with Gasteiger partial charge in [-0.05, 0) is 38.8 Å². The number of amides is 2. The zero-order chi connectivity index (χ0) is 16.2. The van der Waals surface area contributed by atoms with Crippen LogP contribution >= 0.6 is 11.3 Å². The second kappa shape index (κ2) is 7.00. The van der Waals surface area contributed by atoms with Crippen molar-refractivity contribution in [1.82, 2.24) is 9.47 Å². The summed E-state index contributed by atoms with van der Waals surface area (Å²) < 4.78 is 7.66. The van der Waals surface area contributed by atoms with E-state index in [-0.39, 0.29) is 12.1 Å². The molecule has 1 aliphatic heterocycles. The van der Waals surface area contributed by atoms with Gasteiger partial charge < -0.3 is 9.64 Å². The lowest BCUT2D eigenvalue weighted by Gasteiger charge is -2.12. The number of hydrogen-bond donors (Lipinski definition) is 0. The summed E-state index contributed by atoms with van der Waals surface area (Å²) in [5.74, 6) is 0.813. The molecule has 1 saturated heterocycles. The van der Waals surface area contributed by atoms with Crippen LogP contribution in [0.3, 0.4) is 0 Å². The Hall–Kier alpha value is -2.08. The Morgan fingerprint density at radius 1 is 1.30 bits per heavy atom. The van der Waals surface area contributed by atoms with Crippen LogP contribution in [0, 0.1) is 0 Å². The van der Waals surface area contributed by atoms with Crippen molar-refractivity contribution in [2.75, 3.05) is 13.1 Å². The summed E-state index contributed by atoms with van der Waals surface area (Å²) in [5, 5.41) is 1.94. The number of thiazole rings is 1. The van der Waals surface area contributed by atoms with Crippen LogP contribution in [0.4, 0.5) is 4.79 Å². The van der Waals surface area contributed by atoms with Crippen molar-refractivity contribution in [3.63, 3.8) is 0 Å². The molecule has 1 aromatic carbocycles. The lowest BCUT2D eigenvalue weighted by molar-refractivity contribution is 0.218. The zero-order valence-electron chi connectivity index (χ0n) is 13.4. The average Bonchev–Trinajstić information content (AvgIpc) is 3.18. The normalized spacial score (nSPS) is 15.4. The van der Waals surface area contributed by atoms with Crippen LogP contribution in [0.2, 0.25) is 0 Å². The molecule has 1 aromatic heterocycles. The topological polar surface area (TPSA) is 46.8 Å². The van der Waals surface area contributed by atoms with Crippen LogP contribution in [-0.4, -0.2) is 34.7 Å². The second-order valence-electron chi connectivity index (χ2n) is 5.81. The fourth-order valence-corrected chi connectivity index (χ4v) is 3.30. The van der Waals surface area contributed by atoms with E-state index in [9.17, 15) is 4.79 Å². The minimum absolute atomic E-state index is 0.124. The zero-order valence-corrected chi connectivity index (χ0v) is 14.3. The Morgan fingerprint density at radius 3 is 2.83 bits per heavy atom. The number of benzene rings is 1. The van der Waals surface area contributed by atoms with Gasteiger partial charge in [-0.2, -0.15) is 4.99 Å². The summed E-state index contributed by atoms with van der Waals surface area (Å²) in [6, 6.07) is 7.69. The number of aromatic nitrogens is 1. The Labute approximate surface area is 139 Å². The van der Waals surface area contributed by atoms with E-state index in [1.807, 2.05) is 59.2 Å². The standard InChI is InChI=1S/C17H21N3O2S/c1-13(2)22-15-7-5-6-14(12-15)20-10-11-23-17(20)18-16(21)19-8-3-4-9-19/h5-7,10-13H,3-4,8-9H2,1-2H3. The maximum absolute atomic E-state index is 12.2. The third-order valence-corrected chi connectivity index (χ3v) is 4.38. The Kier molecular flexibility index (Phi) is 4.81. The number of rotatable bonds is 3.